The fourth-order valence-electron chi connectivity index (χ4n) is 2.58. The Morgan fingerprint density at radius 3 is 2.64 bits per heavy atom. The highest BCUT2D eigenvalue weighted by Crippen LogP contribution is 2.20. The van der Waals surface area contributed by atoms with Gasteiger partial charge in [0.2, 0.25) is 0 Å². The number of hydrogen-bond donors (Lipinski definition) is 2. The lowest BCUT2D eigenvalue weighted by atomic mass is 10.0. The van der Waals surface area contributed by atoms with Gasteiger partial charge in [-0.3, -0.25) is 9.69 Å². The van der Waals surface area contributed by atoms with Crippen LogP contribution in [0.15, 0.2) is 0 Å². The molecule has 2 heterocycles. The Morgan fingerprint density at radius 1 is 1.29 bits per heavy atom. The lowest BCUT2D eigenvalue weighted by Crippen LogP contribution is -2.49. The van der Waals surface area contributed by atoms with E-state index in [-0.39, 0.29) is 12.1 Å². The highest BCUT2D eigenvalue weighted by Gasteiger charge is 2.36. The Balaban J connectivity index is 1.97. The van der Waals surface area contributed by atoms with Crippen molar-refractivity contribution in [3.63, 3.8) is 0 Å². The Hall–Kier alpha value is -0.610. The second kappa shape index (κ2) is 4.28. The van der Waals surface area contributed by atoms with Crippen LogP contribution in [0.3, 0.4) is 0 Å². The number of hydrogen-bond acceptors (Lipinski definition) is 3. The van der Waals surface area contributed by atoms with Crippen LogP contribution in [0.4, 0.5) is 0 Å². The molecule has 0 saturated carbocycles. The minimum absolute atomic E-state index is 0.229. The first-order chi connectivity index (χ1) is 6.79. The molecule has 0 aromatic rings. The lowest BCUT2D eigenvalue weighted by Gasteiger charge is -2.33. The molecule has 0 aromatic carbocycles. The molecular weight excluding hydrogens is 180 g/mol. The van der Waals surface area contributed by atoms with E-state index in [1.807, 2.05) is 0 Å². The standard InChI is InChI=1S/C10H18N2O2/c13-10(14)9-8(4-5-11-9)12-6-2-1-3-7-12/h8-9,11H,1-7H2,(H,13,14)/t8-,9+/m1/s1. The fourth-order valence-corrected chi connectivity index (χ4v) is 2.58. The van der Waals surface area contributed by atoms with Crippen LogP contribution in [0.2, 0.25) is 0 Å². The summed E-state index contributed by atoms with van der Waals surface area (Å²) in [6.45, 7) is 3.00. The zero-order valence-corrected chi connectivity index (χ0v) is 8.41. The van der Waals surface area contributed by atoms with E-state index in [4.69, 9.17) is 5.11 Å². The van der Waals surface area contributed by atoms with Crippen LogP contribution in [0.25, 0.3) is 0 Å². The number of aliphatic carboxylic acids is 1. The van der Waals surface area contributed by atoms with Gasteiger partial charge in [0.15, 0.2) is 0 Å². The maximum atomic E-state index is 11.0. The van der Waals surface area contributed by atoms with Crippen molar-refractivity contribution in [2.75, 3.05) is 19.6 Å². The average molecular weight is 198 g/mol. The van der Waals surface area contributed by atoms with Crippen molar-refractivity contribution in [2.45, 2.75) is 37.8 Å². The van der Waals surface area contributed by atoms with Crippen molar-refractivity contribution in [3.8, 4) is 0 Å². The SMILES string of the molecule is O=C(O)[C@H]1NCC[C@H]1N1CCCCC1. The third-order valence-electron chi connectivity index (χ3n) is 3.31. The summed E-state index contributed by atoms with van der Waals surface area (Å²) < 4.78 is 0. The molecule has 14 heavy (non-hydrogen) atoms. The van der Waals surface area contributed by atoms with Gasteiger partial charge in [-0.05, 0) is 38.9 Å². The minimum Gasteiger partial charge on any atom is -0.480 e. The second-order valence-corrected chi connectivity index (χ2v) is 4.22. The third-order valence-corrected chi connectivity index (χ3v) is 3.31. The first-order valence-electron chi connectivity index (χ1n) is 5.49. The molecule has 2 atom stereocenters. The van der Waals surface area contributed by atoms with E-state index in [2.05, 4.69) is 10.2 Å². The summed E-state index contributed by atoms with van der Waals surface area (Å²) in [5.74, 6) is -0.696. The van der Waals surface area contributed by atoms with Crippen molar-refractivity contribution in [1.29, 1.82) is 0 Å². The summed E-state index contributed by atoms with van der Waals surface area (Å²) in [5.41, 5.74) is 0. The molecule has 2 aliphatic heterocycles. The maximum Gasteiger partial charge on any atom is 0.322 e. The van der Waals surface area contributed by atoms with Gasteiger partial charge in [-0.25, -0.2) is 0 Å². The van der Waals surface area contributed by atoms with E-state index in [1.165, 1.54) is 19.3 Å². The van der Waals surface area contributed by atoms with E-state index < -0.39 is 5.97 Å². The number of carboxylic acids is 1. The number of piperidine rings is 1. The largest absolute Gasteiger partial charge is 0.480 e. The molecule has 0 radical (unpaired) electrons. The number of likely N-dealkylation sites (tertiary alicyclic amines) is 1. The first-order valence-corrected chi connectivity index (χ1v) is 5.49. The molecule has 4 nitrogen and oxygen atoms in total. The van der Waals surface area contributed by atoms with Gasteiger partial charge in [0, 0.05) is 6.04 Å². The Kier molecular flexibility index (Phi) is 3.03. The van der Waals surface area contributed by atoms with Crippen LogP contribution >= 0.6 is 0 Å². The number of carbonyl (C=O) groups is 1. The predicted molar refractivity (Wildman–Crippen MR) is 53.3 cm³/mol. The van der Waals surface area contributed by atoms with Crippen LogP contribution < -0.4 is 5.32 Å². The number of nitrogens with zero attached hydrogens (tertiary/aromatic N) is 1. The molecule has 2 rings (SSSR count). The summed E-state index contributed by atoms with van der Waals surface area (Å²) in [7, 11) is 0. The zero-order valence-electron chi connectivity index (χ0n) is 8.41. The minimum atomic E-state index is -0.696. The van der Waals surface area contributed by atoms with E-state index in [0.717, 1.165) is 26.1 Å². The summed E-state index contributed by atoms with van der Waals surface area (Å²) in [6.07, 6.45) is 4.73. The van der Waals surface area contributed by atoms with E-state index in [1.54, 1.807) is 0 Å². The number of rotatable bonds is 2. The summed E-state index contributed by atoms with van der Waals surface area (Å²) in [4.78, 5) is 13.3. The van der Waals surface area contributed by atoms with Crippen molar-refractivity contribution in [1.82, 2.24) is 10.2 Å². The van der Waals surface area contributed by atoms with Crippen LogP contribution in [0, 0.1) is 0 Å². The second-order valence-electron chi connectivity index (χ2n) is 4.22. The topological polar surface area (TPSA) is 52.6 Å². The molecule has 0 aliphatic carbocycles. The molecule has 0 amide bonds. The van der Waals surface area contributed by atoms with Gasteiger partial charge in [-0.15, -0.1) is 0 Å². The van der Waals surface area contributed by atoms with Crippen LogP contribution in [0.5, 0.6) is 0 Å². The van der Waals surface area contributed by atoms with Gasteiger partial charge in [0.25, 0.3) is 0 Å². The van der Waals surface area contributed by atoms with Gasteiger partial charge in [0.05, 0.1) is 0 Å². The molecule has 2 N–H and O–H groups in total. The number of carboxylic acid groups (broad SMARTS) is 1. The highest BCUT2D eigenvalue weighted by atomic mass is 16.4. The van der Waals surface area contributed by atoms with E-state index >= 15 is 0 Å². The Labute approximate surface area is 84.3 Å². The van der Waals surface area contributed by atoms with Crippen LogP contribution in [0.1, 0.15) is 25.7 Å². The van der Waals surface area contributed by atoms with Gasteiger partial charge < -0.3 is 10.4 Å². The molecule has 2 fully saturated rings. The molecule has 0 bridgehead atoms. The molecule has 4 heteroatoms. The quantitative estimate of drug-likeness (QED) is 0.669. The molecule has 0 aromatic heterocycles. The van der Waals surface area contributed by atoms with Crippen LogP contribution in [-0.4, -0.2) is 47.7 Å². The predicted octanol–water partition coefficient (Wildman–Crippen LogP) is 0.287. The van der Waals surface area contributed by atoms with Gasteiger partial charge >= 0.3 is 5.97 Å². The normalized spacial score (nSPS) is 34.6. The van der Waals surface area contributed by atoms with Crippen molar-refractivity contribution in [2.24, 2.45) is 0 Å². The fraction of sp³-hybridized carbons (Fsp3) is 0.900. The van der Waals surface area contributed by atoms with E-state index in [9.17, 15) is 4.79 Å². The summed E-state index contributed by atoms with van der Waals surface area (Å²) >= 11 is 0. The molecule has 2 aliphatic rings. The maximum absolute atomic E-state index is 11.0. The molecule has 0 unspecified atom stereocenters. The molecule has 2 saturated heterocycles. The smallest absolute Gasteiger partial charge is 0.322 e. The van der Waals surface area contributed by atoms with E-state index in [0.29, 0.717) is 0 Å². The van der Waals surface area contributed by atoms with Gasteiger partial charge in [-0.1, -0.05) is 6.42 Å². The van der Waals surface area contributed by atoms with Crippen molar-refractivity contribution < 1.29 is 9.90 Å². The van der Waals surface area contributed by atoms with Crippen molar-refractivity contribution in [3.05, 3.63) is 0 Å². The number of nitrogens with one attached hydrogen (secondary N) is 1. The average Bonchev–Trinajstić information content (AvgIpc) is 2.67. The Morgan fingerprint density at radius 2 is 2.00 bits per heavy atom. The third kappa shape index (κ3) is 1.91. The molecule has 0 spiro atoms. The monoisotopic (exact) mass is 198 g/mol. The zero-order chi connectivity index (χ0) is 9.97. The summed E-state index contributed by atoms with van der Waals surface area (Å²) in [5, 5.41) is 12.1. The highest BCUT2D eigenvalue weighted by molar-refractivity contribution is 5.75. The summed E-state index contributed by atoms with van der Waals surface area (Å²) in [6, 6.07) is -0.110. The first kappa shape index (κ1) is 9.93. The van der Waals surface area contributed by atoms with Gasteiger partial charge in [0.1, 0.15) is 6.04 Å². The lowest BCUT2D eigenvalue weighted by molar-refractivity contribution is -0.140. The van der Waals surface area contributed by atoms with Gasteiger partial charge in [-0.2, -0.15) is 0 Å². The molecule has 80 valence electrons. The van der Waals surface area contributed by atoms with Crippen molar-refractivity contribution >= 4 is 5.97 Å². The van der Waals surface area contributed by atoms with Crippen LogP contribution in [-0.2, 0) is 4.79 Å². The molecular formula is C10H18N2O2. The Bertz CT molecular complexity index is 214.